The fourth-order valence-corrected chi connectivity index (χ4v) is 2.77. The summed E-state index contributed by atoms with van der Waals surface area (Å²) in [4.78, 5) is 8.57. The van der Waals surface area contributed by atoms with Crippen molar-refractivity contribution in [2.45, 2.75) is 24.3 Å². The lowest BCUT2D eigenvalue weighted by molar-refractivity contribution is 0.407. The maximum absolute atomic E-state index is 5.72. The van der Waals surface area contributed by atoms with E-state index in [-0.39, 0.29) is 0 Å². The van der Waals surface area contributed by atoms with E-state index in [0.717, 1.165) is 17.1 Å². The summed E-state index contributed by atoms with van der Waals surface area (Å²) < 4.78 is 4.99. The summed E-state index contributed by atoms with van der Waals surface area (Å²) in [6.45, 7) is 2.03. The number of nitrogens with zero attached hydrogens (tertiary/aromatic N) is 4. The highest BCUT2D eigenvalue weighted by Crippen LogP contribution is 2.25. The lowest BCUT2D eigenvalue weighted by Gasteiger charge is -2.02. The molecule has 0 saturated heterocycles. The molecular weight excluding hydrogens is 270 g/mol. The Hall–Kier alpha value is -1.41. The zero-order valence-electron chi connectivity index (χ0n) is 10.1. The van der Waals surface area contributed by atoms with E-state index in [4.69, 9.17) is 10.5 Å². The summed E-state index contributed by atoms with van der Waals surface area (Å²) in [5.74, 6) is 1.16. The van der Waals surface area contributed by atoms with Crippen LogP contribution in [0.15, 0.2) is 11.2 Å². The van der Waals surface area contributed by atoms with E-state index < -0.39 is 0 Å². The van der Waals surface area contributed by atoms with Gasteiger partial charge in [0.25, 0.3) is 5.19 Å². The lowest BCUT2D eigenvalue weighted by atomic mass is 10.3. The lowest BCUT2D eigenvalue weighted by Crippen LogP contribution is -1.98. The molecule has 2 N–H and O–H groups in total. The molecule has 18 heavy (non-hydrogen) atoms. The maximum atomic E-state index is 5.72. The first kappa shape index (κ1) is 13.0. The van der Waals surface area contributed by atoms with Gasteiger partial charge in [-0.1, -0.05) is 30.0 Å². The van der Waals surface area contributed by atoms with Crippen LogP contribution in [-0.4, -0.2) is 27.3 Å². The van der Waals surface area contributed by atoms with E-state index in [0.29, 0.717) is 21.9 Å². The van der Waals surface area contributed by atoms with Gasteiger partial charge in [0.05, 0.1) is 12.9 Å². The molecule has 2 aromatic heterocycles. The van der Waals surface area contributed by atoms with E-state index in [9.17, 15) is 0 Å². The van der Waals surface area contributed by atoms with Crippen molar-refractivity contribution in [2.75, 3.05) is 12.8 Å². The standard InChI is InChI=1S/C10H13N5OS2/c1-3-6-4-7(11)13-9(12-6)17-5-8-14-15-10(16-2)18-8/h4H,3,5H2,1-2H3,(H2,11,12,13). The van der Waals surface area contributed by atoms with Gasteiger partial charge in [0.2, 0.25) is 0 Å². The smallest absolute Gasteiger partial charge is 0.293 e. The topological polar surface area (TPSA) is 86.8 Å². The van der Waals surface area contributed by atoms with Crippen LogP contribution in [0.4, 0.5) is 5.82 Å². The van der Waals surface area contributed by atoms with E-state index in [2.05, 4.69) is 20.2 Å². The van der Waals surface area contributed by atoms with Gasteiger partial charge < -0.3 is 10.5 Å². The Bertz CT molecular complexity index is 531. The highest BCUT2D eigenvalue weighted by Gasteiger charge is 2.07. The minimum Gasteiger partial charge on any atom is -0.472 e. The number of nitrogen functional groups attached to an aromatic ring is 1. The van der Waals surface area contributed by atoms with E-state index >= 15 is 0 Å². The SMILES string of the molecule is CCc1cc(N)nc(SCc2nnc(OC)s2)n1. The number of nitrogens with two attached hydrogens (primary N) is 1. The minimum absolute atomic E-state index is 0.499. The van der Waals surface area contributed by atoms with Gasteiger partial charge in [-0.05, 0) is 6.42 Å². The van der Waals surface area contributed by atoms with Gasteiger partial charge in [0.1, 0.15) is 10.8 Å². The van der Waals surface area contributed by atoms with Crippen LogP contribution >= 0.6 is 23.1 Å². The predicted molar refractivity (Wildman–Crippen MR) is 71.8 cm³/mol. The Balaban J connectivity index is 2.03. The largest absolute Gasteiger partial charge is 0.472 e. The molecule has 0 spiro atoms. The predicted octanol–water partition coefficient (Wildman–Crippen LogP) is 1.77. The molecule has 0 amide bonds. The van der Waals surface area contributed by atoms with Crippen LogP contribution in [0, 0.1) is 0 Å². The number of ether oxygens (including phenoxy) is 1. The number of aromatic nitrogens is 4. The number of aryl methyl sites for hydroxylation is 1. The summed E-state index contributed by atoms with van der Waals surface area (Å²) in [5, 5.41) is 9.98. The van der Waals surface area contributed by atoms with Crippen LogP contribution in [0.2, 0.25) is 0 Å². The van der Waals surface area contributed by atoms with Crippen LogP contribution in [0.1, 0.15) is 17.6 Å². The number of hydrogen-bond donors (Lipinski definition) is 1. The van der Waals surface area contributed by atoms with Crippen LogP contribution in [0.3, 0.4) is 0 Å². The molecular formula is C10H13N5OS2. The molecule has 0 aromatic carbocycles. The van der Waals surface area contributed by atoms with Crippen molar-refractivity contribution in [3.05, 3.63) is 16.8 Å². The Labute approximate surface area is 113 Å². The number of rotatable bonds is 5. The van der Waals surface area contributed by atoms with Crippen molar-refractivity contribution in [1.82, 2.24) is 20.2 Å². The van der Waals surface area contributed by atoms with Crippen molar-refractivity contribution in [2.24, 2.45) is 0 Å². The van der Waals surface area contributed by atoms with E-state index in [1.807, 2.05) is 6.92 Å². The molecule has 6 nitrogen and oxygen atoms in total. The van der Waals surface area contributed by atoms with Gasteiger partial charge in [0, 0.05) is 11.8 Å². The normalized spacial score (nSPS) is 10.6. The summed E-state index contributed by atoms with van der Waals surface area (Å²) in [5.41, 5.74) is 6.66. The number of hydrogen-bond acceptors (Lipinski definition) is 8. The highest BCUT2D eigenvalue weighted by atomic mass is 32.2. The van der Waals surface area contributed by atoms with Gasteiger partial charge in [0.15, 0.2) is 5.16 Å². The summed E-state index contributed by atoms with van der Waals surface area (Å²) >= 11 is 2.91. The Morgan fingerprint density at radius 3 is 2.89 bits per heavy atom. The molecule has 0 aliphatic carbocycles. The first-order valence-electron chi connectivity index (χ1n) is 5.34. The van der Waals surface area contributed by atoms with Gasteiger partial charge in [-0.25, -0.2) is 9.97 Å². The molecule has 0 unspecified atom stereocenters. The van der Waals surface area contributed by atoms with Gasteiger partial charge in [-0.15, -0.1) is 10.2 Å². The molecule has 0 fully saturated rings. The first-order valence-corrected chi connectivity index (χ1v) is 7.14. The second-order valence-electron chi connectivity index (χ2n) is 3.37. The van der Waals surface area contributed by atoms with Crippen LogP contribution in [0.25, 0.3) is 0 Å². The zero-order chi connectivity index (χ0) is 13.0. The van der Waals surface area contributed by atoms with Crippen molar-refractivity contribution >= 4 is 28.9 Å². The molecule has 2 aromatic rings. The molecule has 0 aliphatic rings. The van der Waals surface area contributed by atoms with Crippen molar-refractivity contribution < 1.29 is 4.74 Å². The third kappa shape index (κ3) is 3.30. The molecule has 2 rings (SSSR count). The van der Waals surface area contributed by atoms with Crippen molar-refractivity contribution in [3.8, 4) is 5.19 Å². The summed E-state index contributed by atoms with van der Waals surface area (Å²) in [6, 6.07) is 1.79. The summed E-state index contributed by atoms with van der Waals surface area (Å²) in [7, 11) is 1.58. The molecule has 2 heterocycles. The van der Waals surface area contributed by atoms with Crippen LogP contribution in [0.5, 0.6) is 5.19 Å². The average molecular weight is 283 g/mol. The molecule has 0 radical (unpaired) electrons. The molecule has 8 heteroatoms. The first-order chi connectivity index (χ1) is 8.71. The van der Waals surface area contributed by atoms with Gasteiger partial charge in [-0.2, -0.15) is 0 Å². The second kappa shape index (κ2) is 5.96. The van der Waals surface area contributed by atoms with Gasteiger partial charge >= 0.3 is 0 Å². The highest BCUT2D eigenvalue weighted by molar-refractivity contribution is 7.98. The van der Waals surface area contributed by atoms with Crippen LogP contribution in [-0.2, 0) is 12.2 Å². The fraction of sp³-hybridized carbons (Fsp3) is 0.400. The van der Waals surface area contributed by atoms with Gasteiger partial charge in [-0.3, -0.25) is 0 Å². The van der Waals surface area contributed by atoms with Crippen LogP contribution < -0.4 is 10.5 Å². The average Bonchev–Trinajstić information content (AvgIpc) is 2.83. The Kier molecular flexibility index (Phi) is 4.32. The molecule has 0 saturated carbocycles. The minimum atomic E-state index is 0.499. The number of methoxy groups -OCH3 is 1. The van der Waals surface area contributed by atoms with E-state index in [1.165, 1.54) is 23.1 Å². The number of anilines is 1. The third-order valence-corrected chi connectivity index (χ3v) is 4.01. The Morgan fingerprint density at radius 1 is 1.39 bits per heavy atom. The molecule has 0 atom stereocenters. The Morgan fingerprint density at radius 2 is 2.22 bits per heavy atom. The number of thioether (sulfide) groups is 1. The molecule has 0 bridgehead atoms. The summed E-state index contributed by atoms with van der Waals surface area (Å²) in [6.07, 6.45) is 0.840. The van der Waals surface area contributed by atoms with E-state index in [1.54, 1.807) is 13.2 Å². The van der Waals surface area contributed by atoms with Crippen molar-refractivity contribution in [3.63, 3.8) is 0 Å². The quantitative estimate of drug-likeness (QED) is 0.661. The zero-order valence-corrected chi connectivity index (χ0v) is 11.7. The monoisotopic (exact) mass is 283 g/mol. The maximum Gasteiger partial charge on any atom is 0.293 e. The molecule has 96 valence electrons. The molecule has 0 aliphatic heterocycles. The third-order valence-electron chi connectivity index (χ3n) is 2.09. The second-order valence-corrected chi connectivity index (χ2v) is 5.34. The van der Waals surface area contributed by atoms with Crippen molar-refractivity contribution in [1.29, 1.82) is 0 Å². The fourth-order valence-electron chi connectivity index (χ4n) is 1.24.